The van der Waals surface area contributed by atoms with Crippen LogP contribution >= 0.6 is 0 Å². The van der Waals surface area contributed by atoms with Gasteiger partial charge in [0.05, 0.1) is 13.2 Å². The average molecular weight is 330 g/mol. The van der Waals surface area contributed by atoms with Gasteiger partial charge in [-0.25, -0.2) is 5.84 Å². The van der Waals surface area contributed by atoms with Gasteiger partial charge in [0.2, 0.25) is 17.8 Å². The van der Waals surface area contributed by atoms with Crippen LogP contribution in [-0.4, -0.2) is 55.4 Å². The van der Waals surface area contributed by atoms with Crippen molar-refractivity contribution >= 4 is 29.2 Å². The molecule has 3 rings (SSSR count). The molecule has 0 aliphatic carbocycles. The summed E-state index contributed by atoms with van der Waals surface area (Å²) in [7, 11) is 4.00. The Kier molecular flexibility index (Phi) is 4.92. The predicted molar refractivity (Wildman–Crippen MR) is 94.7 cm³/mol. The third-order valence-electron chi connectivity index (χ3n) is 3.69. The quantitative estimate of drug-likeness (QED) is 0.542. The van der Waals surface area contributed by atoms with Crippen LogP contribution < -0.4 is 26.4 Å². The fraction of sp³-hybridized carbons (Fsp3) is 0.400. The van der Waals surface area contributed by atoms with Gasteiger partial charge in [0.15, 0.2) is 0 Å². The minimum atomic E-state index is 0.318. The number of nitrogen functional groups attached to an aromatic ring is 1. The minimum absolute atomic E-state index is 0.318. The van der Waals surface area contributed by atoms with Crippen molar-refractivity contribution in [1.82, 2.24) is 15.0 Å². The zero-order valence-corrected chi connectivity index (χ0v) is 13.9. The second-order valence-corrected chi connectivity index (χ2v) is 5.59. The zero-order valence-electron chi connectivity index (χ0n) is 13.9. The number of anilines is 5. The fourth-order valence-corrected chi connectivity index (χ4v) is 2.36. The highest BCUT2D eigenvalue weighted by Crippen LogP contribution is 2.20. The molecule has 9 nitrogen and oxygen atoms in total. The number of hydrogen-bond donors (Lipinski definition) is 3. The minimum Gasteiger partial charge on any atom is -0.378 e. The van der Waals surface area contributed by atoms with Crippen molar-refractivity contribution in [3.8, 4) is 0 Å². The predicted octanol–water partition coefficient (Wildman–Crippen LogP) is 0.803. The summed E-state index contributed by atoms with van der Waals surface area (Å²) in [6.07, 6.45) is 0. The molecule has 24 heavy (non-hydrogen) atoms. The maximum absolute atomic E-state index is 5.48. The van der Waals surface area contributed by atoms with Gasteiger partial charge in [-0.1, -0.05) is 0 Å². The number of rotatable bonds is 5. The zero-order chi connectivity index (χ0) is 16.9. The van der Waals surface area contributed by atoms with Crippen LogP contribution in [0, 0.1) is 0 Å². The molecule has 2 heterocycles. The van der Waals surface area contributed by atoms with E-state index in [1.165, 1.54) is 0 Å². The molecule has 0 saturated carbocycles. The maximum Gasteiger partial charge on any atom is 0.243 e. The molecule has 1 saturated heterocycles. The van der Waals surface area contributed by atoms with E-state index in [2.05, 4.69) is 25.7 Å². The fourth-order valence-electron chi connectivity index (χ4n) is 2.36. The van der Waals surface area contributed by atoms with Gasteiger partial charge in [0.25, 0.3) is 0 Å². The van der Waals surface area contributed by atoms with Crippen LogP contribution in [0.25, 0.3) is 0 Å². The number of aromatic nitrogens is 3. The van der Waals surface area contributed by atoms with Gasteiger partial charge >= 0.3 is 0 Å². The van der Waals surface area contributed by atoms with Crippen molar-refractivity contribution in [3.63, 3.8) is 0 Å². The van der Waals surface area contributed by atoms with Crippen molar-refractivity contribution in [2.75, 3.05) is 60.9 Å². The van der Waals surface area contributed by atoms with E-state index in [1.807, 2.05) is 48.2 Å². The van der Waals surface area contributed by atoms with Crippen molar-refractivity contribution < 1.29 is 4.74 Å². The number of nitrogens with zero attached hydrogens (tertiary/aromatic N) is 5. The Bertz CT molecular complexity index is 670. The molecule has 0 atom stereocenters. The lowest BCUT2D eigenvalue weighted by Gasteiger charge is -2.27. The van der Waals surface area contributed by atoms with Crippen LogP contribution in [0.4, 0.5) is 29.2 Å². The molecule has 0 unspecified atom stereocenters. The summed E-state index contributed by atoms with van der Waals surface area (Å²) in [6.45, 7) is 2.80. The first kappa shape index (κ1) is 16.2. The van der Waals surface area contributed by atoms with Crippen molar-refractivity contribution in [2.24, 2.45) is 5.84 Å². The van der Waals surface area contributed by atoms with Crippen molar-refractivity contribution in [3.05, 3.63) is 24.3 Å². The normalized spacial score (nSPS) is 14.4. The van der Waals surface area contributed by atoms with Crippen LogP contribution in [0.1, 0.15) is 0 Å². The van der Waals surface area contributed by atoms with Gasteiger partial charge in [-0.2, -0.15) is 15.0 Å². The summed E-state index contributed by atoms with van der Waals surface area (Å²) in [5, 5.41) is 3.19. The molecular weight excluding hydrogens is 308 g/mol. The molecular formula is C15H22N8O. The summed E-state index contributed by atoms with van der Waals surface area (Å²) in [5.41, 5.74) is 4.50. The van der Waals surface area contributed by atoms with E-state index in [-0.39, 0.29) is 0 Å². The van der Waals surface area contributed by atoms with Crippen LogP contribution in [0.2, 0.25) is 0 Å². The van der Waals surface area contributed by atoms with E-state index in [1.54, 1.807) is 0 Å². The molecule has 0 spiro atoms. The smallest absolute Gasteiger partial charge is 0.243 e. The largest absolute Gasteiger partial charge is 0.378 e. The molecule has 1 aromatic heterocycles. The molecule has 0 bridgehead atoms. The molecule has 1 fully saturated rings. The van der Waals surface area contributed by atoms with E-state index in [0.29, 0.717) is 31.1 Å². The van der Waals surface area contributed by atoms with Gasteiger partial charge in [-0.3, -0.25) is 5.43 Å². The van der Waals surface area contributed by atoms with Crippen molar-refractivity contribution in [1.29, 1.82) is 0 Å². The molecule has 4 N–H and O–H groups in total. The Hall–Kier alpha value is -2.65. The van der Waals surface area contributed by atoms with Crippen LogP contribution in [0.3, 0.4) is 0 Å². The topological polar surface area (TPSA) is 104 Å². The molecule has 1 aliphatic rings. The van der Waals surface area contributed by atoms with Gasteiger partial charge in [-0.15, -0.1) is 0 Å². The third kappa shape index (κ3) is 3.81. The summed E-state index contributed by atoms with van der Waals surface area (Å²) >= 11 is 0. The van der Waals surface area contributed by atoms with Gasteiger partial charge in [-0.05, 0) is 24.3 Å². The van der Waals surface area contributed by atoms with Crippen LogP contribution in [-0.2, 0) is 4.74 Å². The number of benzene rings is 1. The number of morpholine rings is 1. The highest BCUT2D eigenvalue weighted by Gasteiger charge is 2.16. The molecule has 1 aromatic carbocycles. The Labute approximate surface area is 140 Å². The molecule has 128 valence electrons. The highest BCUT2D eigenvalue weighted by molar-refractivity contribution is 5.60. The number of hydrazine groups is 1. The lowest BCUT2D eigenvalue weighted by molar-refractivity contribution is 0.122. The number of hydrogen-bond acceptors (Lipinski definition) is 9. The van der Waals surface area contributed by atoms with Gasteiger partial charge in [0.1, 0.15) is 0 Å². The average Bonchev–Trinajstić information content (AvgIpc) is 2.62. The van der Waals surface area contributed by atoms with E-state index >= 15 is 0 Å². The number of nitrogens with one attached hydrogen (secondary N) is 2. The number of nitrogens with two attached hydrogens (primary N) is 1. The van der Waals surface area contributed by atoms with Crippen molar-refractivity contribution in [2.45, 2.75) is 0 Å². The Morgan fingerprint density at radius 2 is 1.71 bits per heavy atom. The molecule has 0 amide bonds. The summed E-state index contributed by atoms with van der Waals surface area (Å²) in [5.74, 6) is 6.82. The summed E-state index contributed by atoms with van der Waals surface area (Å²) < 4.78 is 5.36. The standard InChI is InChI=1S/C15H22N8O/c1-22(2)12-5-3-11(4-6-12)17-13-18-14(21-16)20-15(19-13)23-7-9-24-10-8-23/h3-6H,7-10,16H2,1-2H3,(H2,17,18,19,20,21). The van der Waals surface area contributed by atoms with E-state index in [4.69, 9.17) is 10.6 Å². The summed E-state index contributed by atoms with van der Waals surface area (Å²) in [6, 6.07) is 8.00. The third-order valence-corrected chi connectivity index (χ3v) is 3.69. The number of ether oxygens (including phenoxy) is 1. The SMILES string of the molecule is CN(C)c1ccc(Nc2nc(NN)nc(N3CCOCC3)n2)cc1. The second-order valence-electron chi connectivity index (χ2n) is 5.59. The first-order valence-corrected chi connectivity index (χ1v) is 7.75. The monoisotopic (exact) mass is 330 g/mol. The Balaban J connectivity index is 1.81. The molecule has 9 heteroatoms. The Morgan fingerprint density at radius 3 is 2.33 bits per heavy atom. The first-order valence-electron chi connectivity index (χ1n) is 7.75. The molecule has 1 aliphatic heterocycles. The van der Waals surface area contributed by atoms with E-state index in [0.717, 1.165) is 24.5 Å². The van der Waals surface area contributed by atoms with Gasteiger partial charge < -0.3 is 19.9 Å². The van der Waals surface area contributed by atoms with E-state index in [9.17, 15) is 0 Å². The highest BCUT2D eigenvalue weighted by atomic mass is 16.5. The Morgan fingerprint density at radius 1 is 1.04 bits per heavy atom. The lowest BCUT2D eigenvalue weighted by Crippen LogP contribution is -2.37. The first-order chi connectivity index (χ1) is 11.7. The summed E-state index contributed by atoms with van der Waals surface area (Å²) in [4.78, 5) is 17.2. The molecule has 0 radical (unpaired) electrons. The van der Waals surface area contributed by atoms with Crippen LogP contribution in [0.15, 0.2) is 24.3 Å². The maximum atomic E-state index is 5.48. The lowest BCUT2D eigenvalue weighted by atomic mass is 10.2. The molecule has 2 aromatic rings. The van der Waals surface area contributed by atoms with Crippen LogP contribution in [0.5, 0.6) is 0 Å². The van der Waals surface area contributed by atoms with E-state index < -0.39 is 0 Å². The van der Waals surface area contributed by atoms with Gasteiger partial charge in [0, 0.05) is 38.6 Å². The second kappa shape index (κ2) is 7.28.